The van der Waals surface area contributed by atoms with Gasteiger partial charge in [-0.2, -0.15) is 5.10 Å². The zero-order chi connectivity index (χ0) is 16.8. The summed E-state index contributed by atoms with van der Waals surface area (Å²) < 4.78 is 6.90. The van der Waals surface area contributed by atoms with Crippen LogP contribution in [-0.4, -0.2) is 22.4 Å². The van der Waals surface area contributed by atoms with Crippen LogP contribution < -0.4 is 11.1 Å². The van der Waals surface area contributed by atoms with Gasteiger partial charge in [0.25, 0.3) is 0 Å². The van der Waals surface area contributed by atoms with Crippen molar-refractivity contribution in [3.63, 3.8) is 0 Å². The highest BCUT2D eigenvalue weighted by atomic mass is 16.5. The third kappa shape index (κ3) is 4.03. The summed E-state index contributed by atoms with van der Waals surface area (Å²) >= 11 is 0. The molecule has 6 nitrogen and oxygen atoms in total. The van der Waals surface area contributed by atoms with E-state index in [4.69, 9.17) is 10.5 Å². The van der Waals surface area contributed by atoms with Gasteiger partial charge in [-0.15, -0.1) is 0 Å². The number of unbranched alkanes of at least 4 members (excludes halogenated alkanes) is 2. The molecule has 2 rings (SSSR count). The first kappa shape index (κ1) is 16.9. The molecule has 0 atom stereocenters. The molecular weight excluding hydrogens is 292 g/mol. The SMILES string of the molecule is CCCCCOC(=O)c1c(Nc2ccccc2N)c(C)nn1C. The zero-order valence-electron chi connectivity index (χ0n) is 13.9. The number of nitrogens with two attached hydrogens (primary N) is 1. The maximum absolute atomic E-state index is 12.4. The van der Waals surface area contributed by atoms with E-state index in [1.807, 2.05) is 25.1 Å². The van der Waals surface area contributed by atoms with E-state index in [2.05, 4.69) is 17.3 Å². The molecule has 0 spiro atoms. The molecule has 0 bridgehead atoms. The Kier molecular flexibility index (Phi) is 5.62. The summed E-state index contributed by atoms with van der Waals surface area (Å²) in [5.74, 6) is -0.374. The van der Waals surface area contributed by atoms with Crippen molar-refractivity contribution in [2.75, 3.05) is 17.7 Å². The minimum Gasteiger partial charge on any atom is -0.461 e. The van der Waals surface area contributed by atoms with Crippen LogP contribution in [0, 0.1) is 6.92 Å². The number of carbonyl (C=O) groups excluding carboxylic acids is 1. The van der Waals surface area contributed by atoms with Gasteiger partial charge in [-0.1, -0.05) is 31.9 Å². The van der Waals surface area contributed by atoms with Gasteiger partial charge in [0.2, 0.25) is 0 Å². The number of anilines is 3. The number of benzene rings is 1. The Morgan fingerprint density at radius 3 is 2.78 bits per heavy atom. The first-order chi connectivity index (χ1) is 11.0. The molecule has 23 heavy (non-hydrogen) atoms. The standard InChI is InChI=1S/C17H24N4O2/c1-4-5-8-11-23-17(22)16-15(12(2)20-21(16)3)19-14-10-7-6-9-13(14)18/h6-7,9-10,19H,4-5,8,11,18H2,1-3H3. The number of nitrogens with one attached hydrogen (secondary N) is 1. The minimum absolute atomic E-state index is 0.374. The summed E-state index contributed by atoms with van der Waals surface area (Å²) in [5.41, 5.74) is 9.06. The molecule has 1 heterocycles. The smallest absolute Gasteiger partial charge is 0.358 e. The summed E-state index contributed by atoms with van der Waals surface area (Å²) in [5, 5.41) is 7.52. The predicted molar refractivity (Wildman–Crippen MR) is 91.9 cm³/mol. The first-order valence-electron chi connectivity index (χ1n) is 7.86. The second-order valence-corrected chi connectivity index (χ2v) is 5.49. The minimum atomic E-state index is -0.374. The second kappa shape index (κ2) is 7.67. The molecule has 0 amide bonds. The van der Waals surface area contributed by atoms with Crippen LogP contribution in [0.3, 0.4) is 0 Å². The van der Waals surface area contributed by atoms with Crippen LogP contribution in [0.1, 0.15) is 42.4 Å². The van der Waals surface area contributed by atoms with Gasteiger partial charge in [0.15, 0.2) is 5.69 Å². The first-order valence-corrected chi connectivity index (χ1v) is 7.86. The molecule has 0 fully saturated rings. The quantitative estimate of drug-likeness (QED) is 0.465. The molecule has 0 aliphatic carbocycles. The lowest BCUT2D eigenvalue weighted by molar-refractivity contribution is 0.0486. The van der Waals surface area contributed by atoms with Crippen LogP contribution in [0.4, 0.5) is 17.1 Å². The monoisotopic (exact) mass is 316 g/mol. The van der Waals surface area contributed by atoms with Gasteiger partial charge in [0.1, 0.15) is 0 Å². The molecule has 0 aliphatic rings. The van der Waals surface area contributed by atoms with Gasteiger partial charge in [-0.3, -0.25) is 4.68 Å². The van der Waals surface area contributed by atoms with Gasteiger partial charge < -0.3 is 15.8 Å². The van der Waals surface area contributed by atoms with Gasteiger partial charge in [0.05, 0.1) is 29.4 Å². The molecule has 0 saturated heterocycles. The molecule has 6 heteroatoms. The van der Waals surface area contributed by atoms with Crippen LogP contribution in [-0.2, 0) is 11.8 Å². The number of nitrogen functional groups attached to an aromatic ring is 1. The topological polar surface area (TPSA) is 82.2 Å². The van der Waals surface area contributed by atoms with Crippen LogP contribution in [0.2, 0.25) is 0 Å². The molecule has 0 radical (unpaired) electrons. The number of hydrogen-bond donors (Lipinski definition) is 2. The number of esters is 1. The Hall–Kier alpha value is -2.50. The van der Waals surface area contributed by atoms with Crippen LogP contribution >= 0.6 is 0 Å². The van der Waals surface area contributed by atoms with Crippen LogP contribution in [0.25, 0.3) is 0 Å². The lowest BCUT2D eigenvalue weighted by atomic mass is 10.2. The lowest BCUT2D eigenvalue weighted by Gasteiger charge is -2.11. The zero-order valence-corrected chi connectivity index (χ0v) is 13.9. The third-order valence-electron chi connectivity index (χ3n) is 3.62. The normalized spacial score (nSPS) is 10.6. The van der Waals surface area contributed by atoms with Crippen molar-refractivity contribution < 1.29 is 9.53 Å². The average Bonchev–Trinajstić information content (AvgIpc) is 2.80. The largest absolute Gasteiger partial charge is 0.461 e. The number of aryl methyl sites for hydroxylation is 2. The molecule has 3 N–H and O–H groups in total. The van der Waals surface area contributed by atoms with E-state index in [0.717, 1.165) is 30.6 Å². The highest BCUT2D eigenvalue weighted by Gasteiger charge is 2.22. The van der Waals surface area contributed by atoms with Crippen molar-refractivity contribution in [2.24, 2.45) is 7.05 Å². The van der Waals surface area contributed by atoms with Crippen molar-refractivity contribution in [2.45, 2.75) is 33.1 Å². The molecule has 0 aliphatic heterocycles. The maximum atomic E-state index is 12.4. The fourth-order valence-electron chi connectivity index (χ4n) is 2.37. The average molecular weight is 316 g/mol. The Morgan fingerprint density at radius 2 is 2.09 bits per heavy atom. The second-order valence-electron chi connectivity index (χ2n) is 5.49. The number of carbonyl (C=O) groups is 1. The summed E-state index contributed by atoms with van der Waals surface area (Å²) in [6, 6.07) is 7.40. The number of aromatic nitrogens is 2. The van der Waals surface area contributed by atoms with E-state index in [9.17, 15) is 4.79 Å². The molecule has 0 saturated carbocycles. The Balaban J connectivity index is 2.20. The fraction of sp³-hybridized carbons (Fsp3) is 0.412. The summed E-state index contributed by atoms with van der Waals surface area (Å²) in [6.45, 7) is 4.37. The Bertz CT molecular complexity index is 679. The van der Waals surface area contributed by atoms with E-state index < -0.39 is 0 Å². The fourth-order valence-corrected chi connectivity index (χ4v) is 2.37. The van der Waals surface area contributed by atoms with E-state index >= 15 is 0 Å². The number of para-hydroxylation sites is 2. The van der Waals surface area contributed by atoms with Crippen molar-refractivity contribution in [3.8, 4) is 0 Å². The van der Waals surface area contributed by atoms with Crippen molar-refractivity contribution >= 4 is 23.0 Å². The Labute approximate surface area is 136 Å². The van der Waals surface area contributed by atoms with E-state index in [-0.39, 0.29) is 5.97 Å². The van der Waals surface area contributed by atoms with E-state index in [0.29, 0.717) is 23.7 Å². The van der Waals surface area contributed by atoms with E-state index in [1.165, 1.54) is 0 Å². The number of ether oxygens (including phenoxy) is 1. The van der Waals surface area contributed by atoms with Gasteiger partial charge in [-0.25, -0.2) is 4.79 Å². The molecule has 124 valence electrons. The number of hydrogen-bond acceptors (Lipinski definition) is 5. The van der Waals surface area contributed by atoms with Gasteiger partial charge in [-0.05, 0) is 25.5 Å². The van der Waals surface area contributed by atoms with Crippen molar-refractivity contribution in [1.29, 1.82) is 0 Å². The van der Waals surface area contributed by atoms with E-state index in [1.54, 1.807) is 17.8 Å². The number of rotatable bonds is 7. The molecule has 1 aromatic heterocycles. The molecular formula is C17H24N4O2. The predicted octanol–water partition coefficient (Wildman–Crippen LogP) is 3.40. The summed E-state index contributed by atoms with van der Waals surface area (Å²) in [7, 11) is 1.73. The summed E-state index contributed by atoms with van der Waals surface area (Å²) in [4.78, 5) is 12.4. The highest BCUT2D eigenvalue weighted by Crippen LogP contribution is 2.28. The Morgan fingerprint density at radius 1 is 1.35 bits per heavy atom. The van der Waals surface area contributed by atoms with Gasteiger partial charge in [0, 0.05) is 7.05 Å². The van der Waals surface area contributed by atoms with Gasteiger partial charge >= 0.3 is 5.97 Å². The molecule has 2 aromatic rings. The van der Waals surface area contributed by atoms with Crippen LogP contribution in [0.15, 0.2) is 24.3 Å². The number of nitrogens with zero attached hydrogens (tertiary/aromatic N) is 2. The van der Waals surface area contributed by atoms with Crippen molar-refractivity contribution in [3.05, 3.63) is 35.7 Å². The third-order valence-corrected chi connectivity index (χ3v) is 3.62. The maximum Gasteiger partial charge on any atom is 0.358 e. The van der Waals surface area contributed by atoms with Crippen molar-refractivity contribution in [1.82, 2.24) is 9.78 Å². The van der Waals surface area contributed by atoms with Crippen LogP contribution in [0.5, 0.6) is 0 Å². The molecule has 0 unspecified atom stereocenters. The highest BCUT2D eigenvalue weighted by molar-refractivity contribution is 5.96. The summed E-state index contributed by atoms with van der Waals surface area (Å²) in [6.07, 6.45) is 3.00. The lowest BCUT2D eigenvalue weighted by Crippen LogP contribution is -2.13. The molecule has 1 aromatic carbocycles.